The van der Waals surface area contributed by atoms with Gasteiger partial charge in [0.25, 0.3) is 0 Å². The molecule has 0 spiro atoms. The van der Waals surface area contributed by atoms with Crippen LogP contribution in [0, 0.1) is 76.2 Å². The van der Waals surface area contributed by atoms with E-state index in [1.165, 1.54) is 13.8 Å². The van der Waals surface area contributed by atoms with Crippen molar-refractivity contribution in [3.05, 3.63) is 178 Å². The van der Waals surface area contributed by atoms with Gasteiger partial charge in [0.05, 0.1) is 35.5 Å². The highest BCUT2D eigenvalue weighted by molar-refractivity contribution is 5.77. The second-order valence-corrected chi connectivity index (χ2v) is 26.3. The van der Waals surface area contributed by atoms with Crippen LogP contribution in [0.1, 0.15) is 116 Å². The van der Waals surface area contributed by atoms with Crippen LogP contribution < -0.4 is 28.4 Å². The summed E-state index contributed by atoms with van der Waals surface area (Å²) < 4.78 is 331. The van der Waals surface area contributed by atoms with Crippen molar-refractivity contribution in [3.8, 4) is 34.5 Å². The molecule has 0 saturated carbocycles. The predicted octanol–water partition coefficient (Wildman–Crippen LogP) is 18.3. The maximum Gasteiger partial charge on any atom is 0.411 e. The number of carbonyl (C=O) groups excluding carboxylic acids is 6. The van der Waals surface area contributed by atoms with E-state index < -0.39 is 177 Å². The Labute approximate surface area is 659 Å². The molecule has 0 aliphatic carbocycles. The molecule has 6 rings (SSSR count). The fourth-order valence-corrected chi connectivity index (χ4v) is 11.3. The van der Waals surface area contributed by atoms with Gasteiger partial charge < -0.3 is 56.8 Å². The molecule has 18 nitrogen and oxygen atoms in total. The number of benzene rings is 6. The molecule has 0 aliphatic heterocycles. The highest BCUT2D eigenvalue weighted by Gasteiger charge is 2.74. The number of halogens is 19. The maximum absolute atomic E-state index is 14.6. The molecule has 6 atom stereocenters. The van der Waals surface area contributed by atoms with Crippen LogP contribution in [-0.4, -0.2) is 140 Å². The summed E-state index contributed by atoms with van der Waals surface area (Å²) in [5, 5.41) is 0. The Bertz CT molecular complexity index is 4100. The second kappa shape index (κ2) is 44.3. The predicted molar refractivity (Wildman–Crippen MR) is 377 cm³/mol. The van der Waals surface area contributed by atoms with E-state index in [0.717, 1.165) is 48.5 Å². The van der Waals surface area contributed by atoms with Crippen molar-refractivity contribution in [1.82, 2.24) is 0 Å². The zero-order valence-corrected chi connectivity index (χ0v) is 64.2. The summed E-state index contributed by atoms with van der Waals surface area (Å²) in [5.41, 5.74) is -13.4. The van der Waals surface area contributed by atoms with Gasteiger partial charge >= 0.3 is 60.5 Å². The molecular formula is C80H85F19O18. The van der Waals surface area contributed by atoms with Crippen molar-refractivity contribution >= 4 is 35.8 Å². The molecule has 0 heterocycles. The minimum Gasteiger partial charge on any atom is -0.490 e. The first kappa shape index (κ1) is 97.2. The maximum atomic E-state index is 14.6. The molecule has 0 fully saturated rings. The minimum absolute atomic E-state index is 0.00193. The van der Waals surface area contributed by atoms with Crippen LogP contribution in [0.15, 0.2) is 115 Å². The standard InChI is InChI=1S/C40H42F10O9.C40H43F9O9/c1-5-23(3)35(51)57-18-15-54-28-11-7-26(8-12-28)38(39(45,46)47,40(48,49)50)27-9-13-29(14-10-27)55-16-19-59-37(53)25(6-2)21-24(4)36(52)58-20-17-56-34-32(43)30(41)22-31(42)33(34)44;1-5-24(3)35(50)56-18-15-53-29-11-7-27(8-12-29)38(39(44,45)46,40(47,48)49)28-9-13-30(14-10-28)54-16-20-58-37(52)26(6-2)21-25(4)36(51)57-19-17-55-31-22-32(41)34(43)33(42)23-31/h7-14,22-25H,5-6,15-21H2,1-4H3;7-14,22-26H,5-6,15-21H2,1-4H3. The van der Waals surface area contributed by atoms with Gasteiger partial charge in [-0.2, -0.15) is 61.5 Å². The van der Waals surface area contributed by atoms with Gasteiger partial charge in [0, 0.05) is 18.2 Å². The van der Waals surface area contributed by atoms with Crippen molar-refractivity contribution in [3.63, 3.8) is 0 Å². The highest BCUT2D eigenvalue weighted by Crippen LogP contribution is 2.58. The molecule has 6 aromatic rings. The molecule has 0 N–H and O–H groups in total. The molecule has 0 aromatic heterocycles. The van der Waals surface area contributed by atoms with E-state index >= 15 is 0 Å². The van der Waals surface area contributed by atoms with E-state index in [-0.39, 0.29) is 138 Å². The Hall–Kier alpha value is -10.4. The second-order valence-electron chi connectivity index (χ2n) is 26.3. The summed E-state index contributed by atoms with van der Waals surface area (Å²) in [6.07, 6.45) is -21.9. The SMILES string of the molecule is CCC(C)C(=O)OCCOc1ccc(C(c2ccc(OCCOC(=O)C(CC)CC(C)C(=O)OCCOc3c(F)c(F)cc(F)c3F)cc2)(C(F)(F)F)C(F)(F)F)cc1.CCC(C)C(=O)OCCOc1ccc(C(c2ccc(OCCOC(=O)C(CC)CC(C)C(=O)OCCOc3cc(F)c(F)c(F)c3)cc2)(C(F)(F)F)C(F)(F)F)cc1. The van der Waals surface area contributed by atoms with E-state index in [9.17, 15) is 112 Å². The molecular weight excluding hydrogens is 1610 g/mol. The van der Waals surface area contributed by atoms with E-state index in [1.54, 1.807) is 41.5 Å². The van der Waals surface area contributed by atoms with Gasteiger partial charge in [0.15, 0.2) is 34.8 Å². The molecule has 0 saturated heterocycles. The van der Waals surface area contributed by atoms with Crippen LogP contribution >= 0.6 is 0 Å². The third kappa shape index (κ3) is 26.3. The van der Waals surface area contributed by atoms with Crippen molar-refractivity contribution in [2.24, 2.45) is 35.5 Å². The summed E-state index contributed by atoms with van der Waals surface area (Å²) in [6, 6.07) is 13.8. The lowest BCUT2D eigenvalue weighted by molar-refractivity contribution is -0.290. The monoisotopic (exact) mass is 1690 g/mol. The van der Waals surface area contributed by atoms with E-state index in [2.05, 4.69) is 4.74 Å². The number of carbonyl (C=O) groups is 6. The van der Waals surface area contributed by atoms with Crippen LogP contribution in [-0.2, 0) is 68.0 Å². The minimum atomic E-state index is -5.86. The number of alkyl halides is 12. The summed E-state index contributed by atoms with van der Waals surface area (Å²) in [6.45, 7) is 9.12. The fraction of sp³-hybridized carbons (Fsp3) is 0.475. The van der Waals surface area contributed by atoms with Crippen molar-refractivity contribution < 1.29 is 169 Å². The van der Waals surface area contributed by atoms with Crippen LogP contribution in [0.2, 0.25) is 0 Å². The van der Waals surface area contributed by atoms with E-state index in [4.69, 9.17) is 52.1 Å². The molecule has 6 aromatic carbocycles. The molecule has 37 heteroatoms. The van der Waals surface area contributed by atoms with E-state index in [0.29, 0.717) is 73.5 Å². The number of ether oxygens (including phenoxy) is 12. The Kier molecular flexibility index (Phi) is 36.8. The quantitative estimate of drug-likeness (QED) is 0.00870. The third-order valence-corrected chi connectivity index (χ3v) is 18.2. The summed E-state index contributed by atoms with van der Waals surface area (Å²) in [5.74, 6) is -21.4. The van der Waals surface area contributed by atoms with Gasteiger partial charge in [-0.25, -0.2) is 22.0 Å². The topological polar surface area (TPSA) is 213 Å². The Morgan fingerprint density at radius 2 is 0.496 bits per heavy atom. The summed E-state index contributed by atoms with van der Waals surface area (Å²) >= 11 is 0. The van der Waals surface area contributed by atoms with Gasteiger partial charge in [-0.05, 0) is 109 Å². The van der Waals surface area contributed by atoms with Crippen molar-refractivity contribution in [1.29, 1.82) is 0 Å². The molecule has 0 aliphatic rings. The van der Waals surface area contributed by atoms with Crippen LogP contribution in [0.3, 0.4) is 0 Å². The zero-order chi connectivity index (χ0) is 87.4. The normalized spacial score (nSPS) is 13.5. The summed E-state index contributed by atoms with van der Waals surface area (Å²) in [4.78, 5) is 73.7. The van der Waals surface area contributed by atoms with Gasteiger partial charge in [0.2, 0.25) is 22.5 Å². The molecule has 0 amide bonds. The average Bonchev–Trinajstić information content (AvgIpc) is 0.722. The Morgan fingerprint density at radius 1 is 0.274 bits per heavy atom. The van der Waals surface area contributed by atoms with E-state index in [1.807, 2.05) is 0 Å². The molecule has 0 radical (unpaired) electrons. The highest BCUT2D eigenvalue weighted by atomic mass is 19.4. The number of hydrogen-bond acceptors (Lipinski definition) is 18. The van der Waals surface area contributed by atoms with Gasteiger partial charge in [-0.3, -0.25) is 28.8 Å². The summed E-state index contributed by atoms with van der Waals surface area (Å²) in [7, 11) is 0. The molecule has 0 bridgehead atoms. The smallest absolute Gasteiger partial charge is 0.411 e. The van der Waals surface area contributed by atoms with Gasteiger partial charge in [-0.1, -0.05) is 104 Å². The van der Waals surface area contributed by atoms with Gasteiger partial charge in [-0.15, -0.1) is 0 Å². The number of rotatable bonds is 42. The third-order valence-electron chi connectivity index (χ3n) is 18.2. The molecule has 646 valence electrons. The molecule has 6 unspecified atom stereocenters. The Balaban J connectivity index is 0.000000417. The average molecular weight is 1700 g/mol. The zero-order valence-electron chi connectivity index (χ0n) is 64.2. The van der Waals surface area contributed by atoms with Crippen LogP contribution in [0.5, 0.6) is 34.5 Å². The first-order chi connectivity index (χ1) is 54.9. The lowest BCUT2D eigenvalue weighted by Crippen LogP contribution is -2.54. The Morgan fingerprint density at radius 3 is 0.735 bits per heavy atom. The van der Waals surface area contributed by atoms with Crippen LogP contribution in [0.25, 0.3) is 0 Å². The van der Waals surface area contributed by atoms with Crippen LogP contribution in [0.4, 0.5) is 83.4 Å². The lowest BCUT2D eigenvalue weighted by atomic mass is 9.73. The first-order valence-corrected chi connectivity index (χ1v) is 36.4. The van der Waals surface area contributed by atoms with Gasteiger partial charge in [0.1, 0.15) is 108 Å². The first-order valence-electron chi connectivity index (χ1n) is 36.4. The number of esters is 6. The lowest BCUT2D eigenvalue weighted by Gasteiger charge is -2.38. The number of hydrogen-bond donors (Lipinski definition) is 0. The molecule has 117 heavy (non-hydrogen) atoms. The largest absolute Gasteiger partial charge is 0.490 e. The van der Waals surface area contributed by atoms with Crippen molar-refractivity contribution in [2.45, 2.75) is 129 Å². The van der Waals surface area contributed by atoms with Crippen molar-refractivity contribution in [2.75, 3.05) is 79.3 Å². The fourth-order valence-electron chi connectivity index (χ4n) is 11.3.